The normalized spacial score (nSPS) is 20.3. The number of carbonyl (C=O) groups is 2. The van der Waals surface area contributed by atoms with Crippen molar-refractivity contribution in [3.05, 3.63) is 41.3 Å². The van der Waals surface area contributed by atoms with E-state index in [2.05, 4.69) is 4.98 Å². The third-order valence-electron chi connectivity index (χ3n) is 4.92. The van der Waals surface area contributed by atoms with Crippen LogP contribution in [0.3, 0.4) is 0 Å². The number of rotatable bonds is 4. The minimum atomic E-state index is -0.984. The van der Waals surface area contributed by atoms with Crippen LogP contribution in [0.4, 0.5) is 4.39 Å². The van der Waals surface area contributed by atoms with Crippen molar-refractivity contribution in [2.75, 3.05) is 19.8 Å². The van der Waals surface area contributed by atoms with Gasteiger partial charge in [0.15, 0.2) is 0 Å². The van der Waals surface area contributed by atoms with E-state index in [1.807, 2.05) is 0 Å². The summed E-state index contributed by atoms with van der Waals surface area (Å²) in [5.41, 5.74) is 1.81. The Morgan fingerprint density at radius 2 is 2.12 bits per heavy atom. The van der Waals surface area contributed by atoms with Gasteiger partial charge in [0.2, 0.25) is 0 Å². The first-order valence-electron chi connectivity index (χ1n) is 8.73. The Morgan fingerprint density at radius 3 is 2.85 bits per heavy atom. The van der Waals surface area contributed by atoms with Crippen LogP contribution < -0.4 is 0 Å². The second-order valence-electron chi connectivity index (χ2n) is 6.86. The molecule has 1 saturated heterocycles. The number of amides is 1. The van der Waals surface area contributed by atoms with Gasteiger partial charge in [-0.2, -0.15) is 0 Å². The first-order valence-corrected chi connectivity index (χ1v) is 8.73. The smallest absolute Gasteiger partial charge is 0.305 e. The van der Waals surface area contributed by atoms with Crippen molar-refractivity contribution in [3.8, 4) is 0 Å². The molecule has 0 bridgehead atoms. The molecule has 1 amide bonds. The molecule has 2 aromatic rings. The number of hydrogen-bond acceptors (Lipinski definition) is 4. The maximum absolute atomic E-state index is 13.8. The van der Waals surface area contributed by atoms with Gasteiger partial charge in [0, 0.05) is 23.5 Å². The standard InChI is InChI=1S/C19H19FN2O4/c20-12-3-4-16-14(7-12)15(9-17(21-16)11-1-2-11)19(25)22-5-6-26-10-13(22)8-18(23)24/h3-4,7,9,11,13H,1-2,5-6,8,10H2,(H,23,24)/t13-/m1/s1. The van der Waals surface area contributed by atoms with E-state index < -0.39 is 17.8 Å². The molecule has 0 spiro atoms. The van der Waals surface area contributed by atoms with Gasteiger partial charge in [-0.3, -0.25) is 14.6 Å². The molecule has 1 aromatic heterocycles. The highest BCUT2D eigenvalue weighted by Gasteiger charge is 2.32. The molecule has 2 heterocycles. The fraction of sp³-hybridized carbons (Fsp3) is 0.421. The van der Waals surface area contributed by atoms with Crippen molar-refractivity contribution in [2.24, 2.45) is 0 Å². The van der Waals surface area contributed by atoms with Crippen LogP contribution in [0, 0.1) is 5.82 Å². The number of aliphatic carboxylic acids is 1. The van der Waals surface area contributed by atoms with Crippen molar-refractivity contribution in [1.29, 1.82) is 0 Å². The molecule has 1 saturated carbocycles. The topological polar surface area (TPSA) is 79.7 Å². The molecule has 6 nitrogen and oxygen atoms in total. The lowest BCUT2D eigenvalue weighted by atomic mass is 10.0. The Labute approximate surface area is 149 Å². The summed E-state index contributed by atoms with van der Waals surface area (Å²) in [6.07, 6.45) is 1.89. The molecule has 2 fully saturated rings. The Balaban J connectivity index is 1.77. The highest BCUT2D eigenvalue weighted by atomic mass is 19.1. The second-order valence-corrected chi connectivity index (χ2v) is 6.86. The molecule has 1 atom stereocenters. The van der Waals surface area contributed by atoms with Gasteiger partial charge in [0.1, 0.15) is 5.82 Å². The van der Waals surface area contributed by atoms with Crippen LogP contribution in [0.15, 0.2) is 24.3 Å². The molecule has 26 heavy (non-hydrogen) atoms. The Kier molecular flexibility index (Phi) is 4.32. The largest absolute Gasteiger partial charge is 0.481 e. The van der Waals surface area contributed by atoms with E-state index in [0.717, 1.165) is 18.5 Å². The summed E-state index contributed by atoms with van der Waals surface area (Å²) >= 11 is 0. The number of hydrogen-bond donors (Lipinski definition) is 1. The lowest BCUT2D eigenvalue weighted by molar-refractivity contribution is -0.139. The molecule has 4 rings (SSSR count). The number of pyridine rings is 1. The quantitative estimate of drug-likeness (QED) is 0.909. The van der Waals surface area contributed by atoms with Crippen molar-refractivity contribution >= 4 is 22.8 Å². The maximum Gasteiger partial charge on any atom is 0.305 e. The minimum Gasteiger partial charge on any atom is -0.481 e. The van der Waals surface area contributed by atoms with Gasteiger partial charge in [-0.25, -0.2) is 4.39 Å². The zero-order valence-electron chi connectivity index (χ0n) is 14.2. The first kappa shape index (κ1) is 16.9. The summed E-state index contributed by atoms with van der Waals surface area (Å²) in [5, 5.41) is 9.57. The van der Waals surface area contributed by atoms with Crippen LogP contribution in [0.2, 0.25) is 0 Å². The molecule has 0 radical (unpaired) electrons. The average molecular weight is 358 g/mol. The van der Waals surface area contributed by atoms with Crippen LogP contribution in [0.5, 0.6) is 0 Å². The zero-order chi connectivity index (χ0) is 18.3. The lowest BCUT2D eigenvalue weighted by Crippen LogP contribution is -2.49. The fourth-order valence-corrected chi connectivity index (χ4v) is 3.43. The number of benzene rings is 1. The van der Waals surface area contributed by atoms with Crippen LogP contribution in [0.25, 0.3) is 10.9 Å². The number of nitrogens with zero attached hydrogens (tertiary/aromatic N) is 2. The molecule has 1 aliphatic carbocycles. The van der Waals surface area contributed by atoms with Crippen molar-refractivity contribution in [3.63, 3.8) is 0 Å². The molecule has 2 aliphatic rings. The van der Waals surface area contributed by atoms with E-state index in [4.69, 9.17) is 9.84 Å². The summed E-state index contributed by atoms with van der Waals surface area (Å²) in [4.78, 5) is 30.5. The van der Waals surface area contributed by atoms with Crippen molar-refractivity contribution in [2.45, 2.75) is 31.2 Å². The van der Waals surface area contributed by atoms with E-state index in [-0.39, 0.29) is 18.9 Å². The predicted octanol–water partition coefficient (Wildman–Crippen LogP) is 2.57. The van der Waals surface area contributed by atoms with E-state index in [1.165, 1.54) is 17.0 Å². The molecular formula is C19H19FN2O4. The number of aromatic nitrogens is 1. The van der Waals surface area contributed by atoms with E-state index in [9.17, 15) is 14.0 Å². The van der Waals surface area contributed by atoms with Gasteiger partial charge in [0.25, 0.3) is 5.91 Å². The van der Waals surface area contributed by atoms with Crippen LogP contribution in [-0.2, 0) is 9.53 Å². The highest BCUT2D eigenvalue weighted by Crippen LogP contribution is 2.40. The van der Waals surface area contributed by atoms with Crippen molar-refractivity contribution in [1.82, 2.24) is 9.88 Å². The minimum absolute atomic E-state index is 0.182. The molecule has 136 valence electrons. The van der Waals surface area contributed by atoms with E-state index >= 15 is 0 Å². The summed E-state index contributed by atoms with van der Waals surface area (Å²) < 4.78 is 19.1. The number of halogens is 1. The van der Waals surface area contributed by atoms with E-state index in [1.54, 1.807) is 12.1 Å². The lowest BCUT2D eigenvalue weighted by Gasteiger charge is -2.35. The third-order valence-corrected chi connectivity index (χ3v) is 4.92. The molecule has 1 N–H and O–H groups in total. The second kappa shape index (κ2) is 6.64. The van der Waals surface area contributed by atoms with Gasteiger partial charge < -0.3 is 14.7 Å². The molecular weight excluding hydrogens is 339 g/mol. The van der Waals surface area contributed by atoms with E-state index in [0.29, 0.717) is 35.5 Å². The predicted molar refractivity (Wildman–Crippen MR) is 91.6 cm³/mol. The summed E-state index contributed by atoms with van der Waals surface area (Å²) in [6, 6.07) is 5.45. The number of carboxylic acid groups (broad SMARTS) is 1. The molecule has 1 aromatic carbocycles. The van der Waals surface area contributed by atoms with Gasteiger partial charge in [-0.15, -0.1) is 0 Å². The molecule has 0 unspecified atom stereocenters. The zero-order valence-corrected chi connectivity index (χ0v) is 14.2. The third kappa shape index (κ3) is 3.26. The maximum atomic E-state index is 13.8. The number of morpholine rings is 1. The van der Waals surface area contributed by atoms with Gasteiger partial charge in [-0.1, -0.05) is 0 Å². The summed E-state index contributed by atoms with van der Waals surface area (Å²) in [5.74, 6) is -1.37. The summed E-state index contributed by atoms with van der Waals surface area (Å²) in [6.45, 7) is 0.855. The molecule has 1 aliphatic heterocycles. The summed E-state index contributed by atoms with van der Waals surface area (Å²) in [7, 11) is 0. The van der Waals surface area contributed by atoms with Crippen LogP contribution in [-0.4, -0.2) is 52.7 Å². The number of carbonyl (C=O) groups excluding carboxylic acids is 1. The van der Waals surface area contributed by atoms with Crippen molar-refractivity contribution < 1.29 is 23.8 Å². The first-order chi connectivity index (χ1) is 12.5. The fourth-order valence-electron chi connectivity index (χ4n) is 3.43. The van der Waals surface area contributed by atoms with Gasteiger partial charge in [0.05, 0.1) is 36.8 Å². The number of fused-ring (bicyclic) bond motifs is 1. The monoisotopic (exact) mass is 358 g/mol. The van der Waals surface area contributed by atoms with Crippen LogP contribution >= 0.6 is 0 Å². The Morgan fingerprint density at radius 1 is 1.31 bits per heavy atom. The Bertz CT molecular complexity index is 881. The highest BCUT2D eigenvalue weighted by molar-refractivity contribution is 6.06. The Hall–Kier alpha value is -2.54. The van der Waals surface area contributed by atoms with Gasteiger partial charge >= 0.3 is 5.97 Å². The molecule has 7 heteroatoms. The average Bonchev–Trinajstić information content (AvgIpc) is 3.45. The SMILES string of the molecule is O=C(O)C[C@@H]1COCCN1C(=O)c1cc(C2CC2)nc2ccc(F)cc12. The number of carboxylic acids is 1. The van der Waals surface area contributed by atoms with Gasteiger partial charge in [-0.05, 0) is 37.1 Å². The number of ether oxygens (including phenoxy) is 1. The van der Waals surface area contributed by atoms with Crippen LogP contribution in [0.1, 0.15) is 41.2 Å².